The zero-order valence-corrected chi connectivity index (χ0v) is 21.4. The Morgan fingerprint density at radius 2 is 1.88 bits per heavy atom. The predicted molar refractivity (Wildman–Crippen MR) is 139 cm³/mol. The number of guanidine groups is 1. The van der Waals surface area contributed by atoms with Crippen molar-refractivity contribution < 1.29 is 9.84 Å². The number of rotatable bonds is 8. The van der Waals surface area contributed by atoms with Crippen molar-refractivity contribution in [1.82, 2.24) is 20.4 Å². The van der Waals surface area contributed by atoms with Crippen molar-refractivity contribution in [2.45, 2.75) is 40.8 Å². The average molecular weight is 549 g/mol. The second kappa shape index (κ2) is 12.3. The van der Waals surface area contributed by atoms with Crippen molar-refractivity contribution in [3.63, 3.8) is 0 Å². The number of aromatic nitrogens is 2. The summed E-state index contributed by atoms with van der Waals surface area (Å²) in [7, 11) is 0. The molecule has 0 saturated carbocycles. The second-order valence-corrected chi connectivity index (χ2v) is 7.25. The SMILES string of the molecule is CCNC(=NCc1ccc(O)c(OCC)c1)NCc1ccccc1-n1nc(C)cc1C.I. The van der Waals surface area contributed by atoms with Crippen LogP contribution in [0.4, 0.5) is 0 Å². The maximum atomic E-state index is 9.89. The number of hydrogen-bond acceptors (Lipinski definition) is 4. The molecule has 0 atom stereocenters. The smallest absolute Gasteiger partial charge is 0.191 e. The monoisotopic (exact) mass is 549 g/mol. The van der Waals surface area contributed by atoms with Crippen molar-refractivity contribution in [3.8, 4) is 17.2 Å². The molecule has 0 aliphatic heterocycles. The number of aryl methyl sites for hydroxylation is 2. The van der Waals surface area contributed by atoms with Gasteiger partial charge in [-0.1, -0.05) is 24.3 Å². The summed E-state index contributed by atoms with van der Waals surface area (Å²) in [6.45, 7) is 10.3. The Bertz CT molecular complexity index is 1050. The summed E-state index contributed by atoms with van der Waals surface area (Å²) >= 11 is 0. The van der Waals surface area contributed by atoms with Gasteiger partial charge in [0.2, 0.25) is 0 Å². The van der Waals surface area contributed by atoms with Gasteiger partial charge in [-0.3, -0.25) is 0 Å². The highest BCUT2D eigenvalue weighted by atomic mass is 127. The number of hydrogen-bond donors (Lipinski definition) is 3. The molecule has 0 unspecified atom stereocenters. The zero-order valence-electron chi connectivity index (χ0n) is 19.1. The van der Waals surface area contributed by atoms with Gasteiger partial charge in [-0.2, -0.15) is 5.10 Å². The van der Waals surface area contributed by atoms with Crippen LogP contribution < -0.4 is 15.4 Å². The molecule has 0 aliphatic carbocycles. The van der Waals surface area contributed by atoms with Crippen LogP contribution in [0.15, 0.2) is 53.5 Å². The van der Waals surface area contributed by atoms with Gasteiger partial charge < -0.3 is 20.5 Å². The minimum absolute atomic E-state index is 0. The summed E-state index contributed by atoms with van der Waals surface area (Å²) in [4.78, 5) is 4.69. The third kappa shape index (κ3) is 6.62. The van der Waals surface area contributed by atoms with Crippen LogP contribution in [0.5, 0.6) is 11.5 Å². The van der Waals surface area contributed by atoms with Crippen molar-refractivity contribution in [2.24, 2.45) is 4.99 Å². The van der Waals surface area contributed by atoms with Gasteiger partial charge >= 0.3 is 0 Å². The lowest BCUT2D eigenvalue weighted by atomic mass is 10.1. The number of phenols is 1. The van der Waals surface area contributed by atoms with Gasteiger partial charge in [-0.15, -0.1) is 24.0 Å². The van der Waals surface area contributed by atoms with Crippen LogP contribution in [0, 0.1) is 13.8 Å². The first-order chi connectivity index (χ1) is 15.0. The standard InChI is InChI=1S/C24H31N5O2.HI/c1-5-25-24(26-15-19-11-12-22(30)23(14-19)31-6-2)27-16-20-9-7-8-10-21(20)29-18(4)13-17(3)28-29;/h7-14,30H,5-6,15-16H2,1-4H3,(H2,25,26,27);1H. The highest BCUT2D eigenvalue weighted by Crippen LogP contribution is 2.27. The lowest BCUT2D eigenvalue weighted by Gasteiger charge is -2.15. The molecule has 3 aromatic rings. The summed E-state index contributed by atoms with van der Waals surface area (Å²) in [5.74, 6) is 1.34. The fraction of sp³-hybridized carbons (Fsp3) is 0.333. The topological polar surface area (TPSA) is 83.7 Å². The van der Waals surface area contributed by atoms with E-state index in [1.807, 2.05) is 49.7 Å². The minimum atomic E-state index is 0. The Morgan fingerprint density at radius 1 is 1.09 bits per heavy atom. The molecular weight excluding hydrogens is 517 g/mol. The lowest BCUT2D eigenvalue weighted by molar-refractivity contribution is 0.318. The number of ether oxygens (including phenoxy) is 1. The second-order valence-electron chi connectivity index (χ2n) is 7.25. The molecular formula is C24H32IN5O2. The largest absolute Gasteiger partial charge is 0.504 e. The molecule has 1 aromatic heterocycles. The molecule has 0 aliphatic rings. The molecule has 32 heavy (non-hydrogen) atoms. The normalized spacial score (nSPS) is 11.1. The molecule has 8 heteroatoms. The van der Waals surface area contributed by atoms with Crippen LogP contribution in [-0.2, 0) is 13.1 Å². The van der Waals surface area contributed by atoms with E-state index in [0.717, 1.165) is 40.7 Å². The number of nitrogens with zero attached hydrogens (tertiary/aromatic N) is 3. The average Bonchev–Trinajstić information content (AvgIpc) is 3.10. The number of phenolic OH excluding ortho intramolecular Hbond substituents is 1. The number of para-hydroxylation sites is 1. The lowest BCUT2D eigenvalue weighted by Crippen LogP contribution is -2.37. The van der Waals surface area contributed by atoms with Crippen molar-refractivity contribution in [1.29, 1.82) is 0 Å². The molecule has 2 aromatic carbocycles. The van der Waals surface area contributed by atoms with Crippen LogP contribution in [0.1, 0.15) is 36.4 Å². The van der Waals surface area contributed by atoms with E-state index in [1.165, 1.54) is 0 Å². The van der Waals surface area contributed by atoms with Crippen molar-refractivity contribution >= 4 is 29.9 Å². The van der Waals surface area contributed by atoms with Crippen molar-refractivity contribution in [3.05, 3.63) is 71.0 Å². The van der Waals surface area contributed by atoms with E-state index in [2.05, 4.69) is 45.8 Å². The Kier molecular flexibility index (Phi) is 9.83. The number of aliphatic imine (C=N–C) groups is 1. The summed E-state index contributed by atoms with van der Waals surface area (Å²) in [5, 5.41) is 21.2. The van der Waals surface area contributed by atoms with E-state index in [0.29, 0.717) is 25.4 Å². The summed E-state index contributed by atoms with van der Waals surface area (Å²) in [5.41, 5.74) is 5.24. The molecule has 3 rings (SSSR count). The number of nitrogens with one attached hydrogen (secondary N) is 2. The quantitative estimate of drug-likeness (QED) is 0.220. The fourth-order valence-corrected chi connectivity index (χ4v) is 3.36. The van der Waals surface area contributed by atoms with Gasteiger partial charge in [-0.25, -0.2) is 9.67 Å². The van der Waals surface area contributed by atoms with Crippen LogP contribution >= 0.6 is 24.0 Å². The highest BCUT2D eigenvalue weighted by Gasteiger charge is 2.09. The molecule has 7 nitrogen and oxygen atoms in total. The first-order valence-corrected chi connectivity index (χ1v) is 10.6. The molecule has 0 radical (unpaired) electrons. The van der Waals surface area contributed by atoms with E-state index < -0.39 is 0 Å². The van der Waals surface area contributed by atoms with E-state index in [9.17, 15) is 5.11 Å². The van der Waals surface area contributed by atoms with Gasteiger partial charge in [0.05, 0.1) is 24.5 Å². The first kappa shape index (κ1) is 25.5. The Hall–Kier alpha value is -2.75. The predicted octanol–water partition coefficient (Wildman–Crippen LogP) is 4.47. The Balaban J connectivity index is 0.00000363. The van der Waals surface area contributed by atoms with E-state index in [4.69, 9.17) is 4.74 Å². The Morgan fingerprint density at radius 3 is 2.56 bits per heavy atom. The summed E-state index contributed by atoms with van der Waals surface area (Å²) < 4.78 is 7.44. The molecule has 172 valence electrons. The maximum absolute atomic E-state index is 9.89. The minimum Gasteiger partial charge on any atom is -0.504 e. The van der Waals surface area contributed by atoms with Crippen LogP contribution in [-0.4, -0.2) is 34.0 Å². The molecule has 3 N–H and O–H groups in total. The zero-order chi connectivity index (χ0) is 22.2. The molecule has 1 heterocycles. The van der Waals surface area contributed by atoms with Gasteiger partial charge in [0.1, 0.15) is 0 Å². The molecule has 0 fully saturated rings. The third-order valence-corrected chi connectivity index (χ3v) is 4.76. The van der Waals surface area contributed by atoms with Crippen LogP contribution in [0.3, 0.4) is 0 Å². The maximum Gasteiger partial charge on any atom is 0.191 e. The van der Waals surface area contributed by atoms with E-state index >= 15 is 0 Å². The number of benzene rings is 2. The molecule has 0 amide bonds. The van der Waals surface area contributed by atoms with Gasteiger partial charge in [-0.05, 0) is 63.1 Å². The van der Waals surface area contributed by atoms with Gasteiger partial charge in [0.25, 0.3) is 0 Å². The van der Waals surface area contributed by atoms with Gasteiger partial charge in [0, 0.05) is 18.8 Å². The summed E-state index contributed by atoms with van der Waals surface area (Å²) in [6.07, 6.45) is 0. The number of aromatic hydroxyl groups is 1. The number of halogens is 1. The molecule has 0 saturated heterocycles. The molecule has 0 bridgehead atoms. The van der Waals surface area contributed by atoms with Crippen LogP contribution in [0.2, 0.25) is 0 Å². The van der Waals surface area contributed by atoms with Crippen molar-refractivity contribution in [2.75, 3.05) is 13.2 Å². The fourth-order valence-electron chi connectivity index (χ4n) is 3.36. The third-order valence-electron chi connectivity index (χ3n) is 4.76. The van der Waals surface area contributed by atoms with Crippen LogP contribution in [0.25, 0.3) is 5.69 Å². The highest BCUT2D eigenvalue weighted by molar-refractivity contribution is 14.0. The van der Waals surface area contributed by atoms with E-state index in [1.54, 1.807) is 6.07 Å². The van der Waals surface area contributed by atoms with E-state index in [-0.39, 0.29) is 29.7 Å². The summed E-state index contributed by atoms with van der Waals surface area (Å²) in [6, 6.07) is 15.6. The first-order valence-electron chi connectivity index (χ1n) is 10.6. The molecule has 0 spiro atoms. The van der Waals surface area contributed by atoms with Gasteiger partial charge in [0.15, 0.2) is 17.5 Å². The Labute approximate surface area is 206 Å².